The van der Waals surface area contributed by atoms with Crippen LogP contribution in [0.5, 0.6) is 11.5 Å². The lowest BCUT2D eigenvalue weighted by molar-refractivity contribution is 0.470. The maximum absolute atomic E-state index is 12.5. The van der Waals surface area contributed by atoms with Gasteiger partial charge >= 0.3 is 0 Å². The summed E-state index contributed by atoms with van der Waals surface area (Å²) in [7, 11) is -1.39. The monoisotopic (exact) mass is 309 g/mol. The summed E-state index contributed by atoms with van der Waals surface area (Å²) in [5.74, 6) is 1.29. The summed E-state index contributed by atoms with van der Waals surface area (Å²) in [4.78, 5) is 0.607. The van der Waals surface area contributed by atoms with Gasteiger partial charge in [-0.1, -0.05) is 48.5 Å². The van der Waals surface area contributed by atoms with E-state index in [9.17, 15) is 4.21 Å². The summed E-state index contributed by atoms with van der Waals surface area (Å²) in [5, 5.41) is 0. The third-order valence-corrected chi connectivity index (χ3v) is 4.16. The first kappa shape index (κ1) is 14.4. The van der Waals surface area contributed by atoms with Crippen molar-refractivity contribution in [2.45, 2.75) is 4.90 Å². The normalized spacial score (nSPS) is 11.6. The van der Waals surface area contributed by atoms with E-state index in [4.69, 9.17) is 4.74 Å². The summed E-state index contributed by atoms with van der Waals surface area (Å²) >= 11 is 0. The second kappa shape index (κ2) is 6.91. The van der Waals surface area contributed by atoms with Gasteiger partial charge < -0.3 is 9.46 Å². The van der Waals surface area contributed by atoms with E-state index in [0.717, 1.165) is 5.69 Å². The van der Waals surface area contributed by atoms with E-state index in [1.165, 1.54) is 0 Å². The van der Waals surface area contributed by atoms with Crippen molar-refractivity contribution < 1.29 is 8.95 Å². The quantitative estimate of drug-likeness (QED) is 0.747. The van der Waals surface area contributed by atoms with Gasteiger partial charge in [0, 0.05) is 5.69 Å². The van der Waals surface area contributed by atoms with Gasteiger partial charge in [0.2, 0.25) is 0 Å². The molecule has 22 heavy (non-hydrogen) atoms. The first-order valence-corrected chi connectivity index (χ1v) is 8.03. The number of hydrogen-bond acceptors (Lipinski definition) is 2. The molecule has 0 spiro atoms. The number of ether oxygens (including phenoxy) is 1. The zero-order valence-electron chi connectivity index (χ0n) is 11.8. The van der Waals surface area contributed by atoms with E-state index in [-0.39, 0.29) is 0 Å². The second-order valence-corrected chi connectivity index (χ2v) is 5.78. The topological polar surface area (TPSA) is 38.3 Å². The molecule has 0 bridgehead atoms. The van der Waals surface area contributed by atoms with Gasteiger partial charge in [0.05, 0.1) is 0 Å². The molecule has 1 N–H and O–H groups in total. The van der Waals surface area contributed by atoms with Crippen LogP contribution < -0.4 is 9.46 Å². The van der Waals surface area contributed by atoms with Gasteiger partial charge in [-0.15, -0.1) is 0 Å². The Hall–Kier alpha value is -2.59. The van der Waals surface area contributed by atoms with Crippen LogP contribution in [0, 0.1) is 0 Å². The van der Waals surface area contributed by atoms with Crippen LogP contribution in [0.4, 0.5) is 5.69 Å². The van der Waals surface area contributed by atoms with Gasteiger partial charge in [-0.3, -0.25) is 0 Å². The molecule has 0 aliphatic heterocycles. The van der Waals surface area contributed by atoms with E-state index in [1.807, 2.05) is 78.9 Å². The van der Waals surface area contributed by atoms with Crippen molar-refractivity contribution in [3.8, 4) is 11.5 Å². The average molecular weight is 309 g/mol. The molecule has 0 saturated carbocycles. The van der Waals surface area contributed by atoms with Crippen LogP contribution in [0.15, 0.2) is 89.8 Å². The number of anilines is 1. The van der Waals surface area contributed by atoms with Gasteiger partial charge in [0.1, 0.15) is 16.4 Å². The Bertz CT molecular complexity index is 760. The number of hydrogen-bond donors (Lipinski definition) is 1. The van der Waals surface area contributed by atoms with Crippen LogP contribution in [0.2, 0.25) is 0 Å². The third kappa shape index (κ3) is 3.54. The van der Waals surface area contributed by atoms with Crippen molar-refractivity contribution in [2.75, 3.05) is 4.72 Å². The summed E-state index contributed by atoms with van der Waals surface area (Å²) in [6, 6.07) is 26.2. The molecule has 3 nitrogen and oxygen atoms in total. The van der Waals surface area contributed by atoms with Crippen molar-refractivity contribution in [2.24, 2.45) is 0 Å². The Balaban J connectivity index is 1.83. The van der Waals surface area contributed by atoms with Crippen LogP contribution in [0.25, 0.3) is 0 Å². The fourth-order valence-electron chi connectivity index (χ4n) is 1.97. The third-order valence-electron chi connectivity index (χ3n) is 3.00. The van der Waals surface area contributed by atoms with E-state index < -0.39 is 11.0 Å². The molecule has 3 aromatic carbocycles. The van der Waals surface area contributed by atoms with Crippen LogP contribution >= 0.6 is 0 Å². The van der Waals surface area contributed by atoms with Gasteiger partial charge in [-0.25, -0.2) is 4.21 Å². The average Bonchev–Trinajstić information content (AvgIpc) is 2.57. The minimum absolute atomic E-state index is 0.579. The Morgan fingerprint density at radius 3 is 2.05 bits per heavy atom. The molecule has 0 fully saturated rings. The van der Waals surface area contributed by atoms with Crippen molar-refractivity contribution >= 4 is 16.7 Å². The van der Waals surface area contributed by atoms with Gasteiger partial charge in [0.15, 0.2) is 11.0 Å². The molecule has 3 rings (SSSR count). The molecule has 1 atom stereocenters. The van der Waals surface area contributed by atoms with E-state index in [0.29, 0.717) is 16.4 Å². The van der Waals surface area contributed by atoms with E-state index >= 15 is 0 Å². The number of nitrogens with one attached hydrogen (secondary N) is 1. The first-order valence-electron chi connectivity index (χ1n) is 6.88. The molecular weight excluding hydrogens is 294 g/mol. The lowest BCUT2D eigenvalue weighted by Gasteiger charge is -2.11. The fourth-order valence-corrected chi connectivity index (χ4v) is 2.93. The lowest BCUT2D eigenvalue weighted by Crippen LogP contribution is -2.05. The largest absolute Gasteiger partial charge is 0.456 e. The summed E-state index contributed by atoms with van der Waals surface area (Å²) in [5.41, 5.74) is 0.801. The first-order chi connectivity index (χ1) is 10.8. The summed E-state index contributed by atoms with van der Waals surface area (Å²) < 4.78 is 21.4. The smallest absolute Gasteiger partial charge is 0.154 e. The van der Waals surface area contributed by atoms with Crippen LogP contribution in [-0.2, 0) is 11.0 Å². The minimum Gasteiger partial charge on any atom is -0.456 e. The van der Waals surface area contributed by atoms with Crippen molar-refractivity contribution in [3.05, 3.63) is 84.9 Å². The molecule has 0 amide bonds. The highest BCUT2D eigenvalue weighted by Gasteiger charge is 2.11. The minimum atomic E-state index is -1.39. The SMILES string of the molecule is O=S(Nc1ccccc1)c1ccccc1Oc1ccccc1. The van der Waals surface area contributed by atoms with Gasteiger partial charge in [-0.2, -0.15) is 0 Å². The molecular formula is C18H15NO2S. The van der Waals surface area contributed by atoms with Crippen molar-refractivity contribution in [1.82, 2.24) is 0 Å². The predicted octanol–water partition coefficient (Wildman–Crippen LogP) is 4.61. The number of benzene rings is 3. The molecule has 0 aliphatic rings. The molecule has 0 radical (unpaired) electrons. The molecule has 0 saturated heterocycles. The van der Waals surface area contributed by atoms with E-state index in [1.54, 1.807) is 6.07 Å². The highest BCUT2D eigenvalue weighted by Crippen LogP contribution is 2.28. The number of para-hydroxylation sites is 3. The van der Waals surface area contributed by atoms with Gasteiger partial charge in [-0.05, 0) is 36.4 Å². The maximum atomic E-state index is 12.5. The van der Waals surface area contributed by atoms with Crippen LogP contribution in [0.3, 0.4) is 0 Å². The molecule has 0 aromatic heterocycles. The molecule has 0 heterocycles. The summed E-state index contributed by atoms with van der Waals surface area (Å²) in [6.45, 7) is 0. The van der Waals surface area contributed by atoms with Crippen LogP contribution in [-0.4, -0.2) is 4.21 Å². The van der Waals surface area contributed by atoms with Crippen molar-refractivity contribution in [1.29, 1.82) is 0 Å². The molecule has 110 valence electrons. The molecule has 0 aliphatic carbocycles. The maximum Gasteiger partial charge on any atom is 0.154 e. The highest BCUT2D eigenvalue weighted by molar-refractivity contribution is 7.86. The van der Waals surface area contributed by atoms with Crippen LogP contribution in [0.1, 0.15) is 0 Å². The zero-order chi connectivity index (χ0) is 15.2. The number of rotatable bonds is 5. The molecule has 4 heteroatoms. The zero-order valence-corrected chi connectivity index (χ0v) is 12.6. The van der Waals surface area contributed by atoms with Crippen molar-refractivity contribution in [3.63, 3.8) is 0 Å². The fraction of sp³-hybridized carbons (Fsp3) is 0. The molecule has 3 aromatic rings. The highest BCUT2D eigenvalue weighted by atomic mass is 32.2. The summed E-state index contributed by atoms with van der Waals surface area (Å²) in [6.07, 6.45) is 0. The lowest BCUT2D eigenvalue weighted by atomic mass is 10.3. The predicted molar refractivity (Wildman–Crippen MR) is 89.4 cm³/mol. The Morgan fingerprint density at radius 2 is 1.32 bits per heavy atom. The molecule has 1 unspecified atom stereocenters. The second-order valence-electron chi connectivity index (χ2n) is 4.60. The van der Waals surface area contributed by atoms with E-state index in [2.05, 4.69) is 4.72 Å². The standard InChI is InChI=1S/C18H15NO2S/c20-22(19-15-9-3-1-4-10-15)18-14-8-7-13-17(18)21-16-11-5-2-6-12-16/h1-14,19H. The Kier molecular flexibility index (Phi) is 4.51. The Labute approximate surface area is 132 Å². The Morgan fingerprint density at radius 1 is 0.727 bits per heavy atom. The van der Waals surface area contributed by atoms with Gasteiger partial charge in [0.25, 0.3) is 0 Å².